The molecule has 0 saturated carbocycles. The number of amides is 1. The highest BCUT2D eigenvalue weighted by atomic mass is 19.4. The summed E-state index contributed by atoms with van der Waals surface area (Å²) in [6, 6.07) is 1.47. The van der Waals surface area contributed by atoms with E-state index in [1.807, 2.05) is 0 Å². The van der Waals surface area contributed by atoms with Crippen molar-refractivity contribution in [2.45, 2.75) is 26.6 Å². The number of aryl methyl sites for hydroxylation is 2. The van der Waals surface area contributed by atoms with E-state index in [0.29, 0.717) is 12.2 Å². The van der Waals surface area contributed by atoms with E-state index in [2.05, 4.69) is 9.94 Å². The van der Waals surface area contributed by atoms with E-state index in [-0.39, 0.29) is 5.69 Å². The Labute approximate surface area is 95.5 Å². The second-order valence-corrected chi connectivity index (χ2v) is 3.32. The van der Waals surface area contributed by atoms with Gasteiger partial charge in [0.05, 0.1) is 5.69 Å². The molecule has 0 saturated heterocycles. The van der Waals surface area contributed by atoms with Crippen LogP contribution in [0.3, 0.4) is 0 Å². The fraction of sp³-hybridized carbons (Fsp3) is 0.556. The number of hydroxylamine groups is 1. The number of nitrogens with zero attached hydrogens (tertiary/aromatic N) is 2. The maximum atomic E-state index is 11.8. The van der Waals surface area contributed by atoms with Crippen LogP contribution in [0.4, 0.5) is 13.2 Å². The van der Waals surface area contributed by atoms with Gasteiger partial charge in [-0.15, -0.1) is 0 Å². The maximum Gasteiger partial charge on any atom is 0.414 e. The van der Waals surface area contributed by atoms with Crippen LogP contribution < -0.4 is 5.48 Å². The maximum absolute atomic E-state index is 11.8. The van der Waals surface area contributed by atoms with Crippen LogP contribution in [0, 0.1) is 6.92 Å². The third-order valence-corrected chi connectivity index (χ3v) is 1.84. The summed E-state index contributed by atoms with van der Waals surface area (Å²) in [6.07, 6.45) is -4.48. The fourth-order valence-corrected chi connectivity index (χ4v) is 1.21. The Morgan fingerprint density at radius 1 is 1.59 bits per heavy atom. The number of hydrogen-bond donors (Lipinski definition) is 1. The standard InChI is InChI=1S/C9H12F3N3O2/c1-3-15-7(4-6(2)13-15)8(16)14-17-5-9(10,11)12/h4H,3,5H2,1-2H3,(H,14,16). The van der Waals surface area contributed by atoms with Gasteiger partial charge in [0.2, 0.25) is 0 Å². The van der Waals surface area contributed by atoms with Crippen LogP contribution in [0.2, 0.25) is 0 Å². The van der Waals surface area contributed by atoms with Crippen molar-refractivity contribution in [1.82, 2.24) is 15.3 Å². The van der Waals surface area contributed by atoms with Crippen LogP contribution >= 0.6 is 0 Å². The van der Waals surface area contributed by atoms with Gasteiger partial charge in [0.1, 0.15) is 5.69 Å². The second-order valence-electron chi connectivity index (χ2n) is 3.32. The van der Waals surface area contributed by atoms with Crippen molar-refractivity contribution in [2.75, 3.05) is 6.61 Å². The molecule has 17 heavy (non-hydrogen) atoms. The Hall–Kier alpha value is -1.57. The van der Waals surface area contributed by atoms with Crippen molar-refractivity contribution >= 4 is 5.91 Å². The Morgan fingerprint density at radius 2 is 2.24 bits per heavy atom. The molecule has 0 aliphatic heterocycles. The summed E-state index contributed by atoms with van der Waals surface area (Å²) < 4.78 is 36.7. The molecule has 0 fully saturated rings. The van der Waals surface area contributed by atoms with Gasteiger partial charge in [0.15, 0.2) is 6.61 Å². The van der Waals surface area contributed by atoms with Crippen LogP contribution in [-0.2, 0) is 11.4 Å². The molecule has 0 radical (unpaired) electrons. The van der Waals surface area contributed by atoms with Crippen LogP contribution in [0.5, 0.6) is 0 Å². The molecule has 1 aromatic heterocycles. The van der Waals surface area contributed by atoms with Crippen molar-refractivity contribution < 1.29 is 22.8 Å². The van der Waals surface area contributed by atoms with Gasteiger partial charge < -0.3 is 0 Å². The summed E-state index contributed by atoms with van der Waals surface area (Å²) in [6.45, 7) is 2.35. The monoisotopic (exact) mass is 251 g/mol. The first-order chi connectivity index (χ1) is 7.83. The normalized spacial score (nSPS) is 11.6. The average molecular weight is 251 g/mol. The zero-order chi connectivity index (χ0) is 13.1. The van der Waals surface area contributed by atoms with E-state index < -0.39 is 18.7 Å². The highest BCUT2D eigenvalue weighted by molar-refractivity contribution is 5.91. The Morgan fingerprint density at radius 3 is 2.76 bits per heavy atom. The topological polar surface area (TPSA) is 56.2 Å². The Balaban J connectivity index is 2.58. The first-order valence-electron chi connectivity index (χ1n) is 4.87. The molecule has 96 valence electrons. The molecule has 1 heterocycles. The van der Waals surface area contributed by atoms with Gasteiger partial charge in [0.25, 0.3) is 5.91 Å². The number of rotatable bonds is 4. The molecule has 8 heteroatoms. The van der Waals surface area contributed by atoms with Gasteiger partial charge in [-0.2, -0.15) is 18.3 Å². The van der Waals surface area contributed by atoms with Gasteiger partial charge >= 0.3 is 6.18 Å². The number of halogens is 3. The largest absolute Gasteiger partial charge is 0.414 e. The van der Waals surface area contributed by atoms with Gasteiger partial charge in [-0.1, -0.05) is 0 Å². The molecule has 1 amide bonds. The van der Waals surface area contributed by atoms with Crippen LogP contribution in [-0.4, -0.2) is 28.5 Å². The summed E-state index contributed by atoms with van der Waals surface area (Å²) in [7, 11) is 0. The molecule has 1 N–H and O–H groups in total. The first-order valence-corrected chi connectivity index (χ1v) is 4.87. The van der Waals surface area contributed by atoms with Crippen molar-refractivity contribution in [1.29, 1.82) is 0 Å². The van der Waals surface area contributed by atoms with Gasteiger partial charge in [0, 0.05) is 6.54 Å². The first kappa shape index (κ1) is 13.5. The number of hydrogen-bond acceptors (Lipinski definition) is 3. The molecule has 0 unspecified atom stereocenters. The zero-order valence-electron chi connectivity index (χ0n) is 9.34. The molecule has 0 aromatic carbocycles. The van der Waals surface area contributed by atoms with Crippen molar-refractivity contribution in [3.63, 3.8) is 0 Å². The molecule has 0 aliphatic carbocycles. The van der Waals surface area contributed by atoms with Crippen molar-refractivity contribution in [2.24, 2.45) is 0 Å². The number of alkyl halides is 3. The minimum atomic E-state index is -4.48. The summed E-state index contributed by atoms with van der Waals surface area (Å²) in [5.74, 6) is -0.753. The molecule has 1 rings (SSSR count). The zero-order valence-corrected chi connectivity index (χ0v) is 9.34. The average Bonchev–Trinajstić information content (AvgIpc) is 2.57. The molecule has 5 nitrogen and oxygen atoms in total. The highest BCUT2D eigenvalue weighted by Crippen LogP contribution is 2.13. The number of carbonyl (C=O) groups excluding carboxylic acids is 1. The lowest BCUT2D eigenvalue weighted by Crippen LogP contribution is -2.30. The van der Waals surface area contributed by atoms with Gasteiger partial charge in [-0.05, 0) is 19.9 Å². The van der Waals surface area contributed by atoms with Gasteiger partial charge in [-0.25, -0.2) is 5.48 Å². The highest BCUT2D eigenvalue weighted by Gasteiger charge is 2.28. The van der Waals surface area contributed by atoms with E-state index in [4.69, 9.17) is 0 Å². The van der Waals surface area contributed by atoms with Crippen molar-refractivity contribution in [3.05, 3.63) is 17.5 Å². The lowest BCUT2D eigenvalue weighted by Gasteiger charge is -2.08. The second kappa shape index (κ2) is 5.17. The van der Waals surface area contributed by atoms with Crippen LogP contribution in [0.25, 0.3) is 0 Å². The minimum Gasteiger partial charge on any atom is -0.265 e. The van der Waals surface area contributed by atoms with E-state index in [9.17, 15) is 18.0 Å². The third-order valence-electron chi connectivity index (χ3n) is 1.84. The van der Waals surface area contributed by atoms with E-state index in [1.54, 1.807) is 19.3 Å². The predicted octanol–water partition coefficient (Wildman–Crippen LogP) is 1.44. The third kappa shape index (κ3) is 4.06. The van der Waals surface area contributed by atoms with Crippen LogP contribution in [0.1, 0.15) is 23.1 Å². The number of nitrogens with one attached hydrogen (secondary N) is 1. The minimum absolute atomic E-state index is 0.159. The Bertz CT molecular complexity index is 401. The molecule has 0 atom stereocenters. The van der Waals surface area contributed by atoms with Crippen LogP contribution in [0.15, 0.2) is 6.07 Å². The Kier molecular flexibility index (Phi) is 4.11. The molecule has 0 bridgehead atoms. The summed E-state index contributed by atoms with van der Waals surface area (Å²) in [5, 5.41) is 3.99. The van der Waals surface area contributed by atoms with E-state index in [1.165, 1.54) is 10.7 Å². The van der Waals surface area contributed by atoms with E-state index >= 15 is 0 Å². The molecule has 0 aliphatic rings. The van der Waals surface area contributed by atoms with Crippen molar-refractivity contribution in [3.8, 4) is 0 Å². The van der Waals surface area contributed by atoms with E-state index in [0.717, 1.165) is 0 Å². The number of aromatic nitrogens is 2. The quantitative estimate of drug-likeness (QED) is 0.824. The van der Waals surface area contributed by atoms with Gasteiger partial charge in [-0.3, -0.25) is 14.3 Å². The lowest BCUT2D eigenvalue weighted by atomic mass is 10.3. The molecular weight excluding hydrogens is 239 g/mol. The fourth-order valence-electron chi connectivity index (χ4n) is 1.21. The summed E-state index contributed by atoms with van der Waals surface area (Å²) >= 11 is 0. The lowest BCUT2D eigenvalue weighted by molar-refractivity contribution is -0.184. The molecule has 0 spiro atoms. The molecule has 1 aromatic rings. The number of carbonyl (C=O) groups is 1. The SMILES string of the molecule is CCn1nc(C)cc1C(=O)NOCC(F)(F)F. The molecular formula is C9H12F3N3O2. The predicted molar refractivity (Wildman–Crippen MR) is 52.1 cm³/mol. The summed E-state index contributed by atoms with van der Waals surface area (Å²) in [4.78, 5) is 15.5. The summed E-state index contributed by atoms with van der Waals surface area (Å²) in [5.41, 5.74) is 2.49. The smallest absolute Gasteiger partial charge is 0.265 e.